The molecule has 0 bridgehead atoms. The molecule has 3 aromatic rings. The number of fused-ring (bicyclic) bond motifs is 1. The van der Waals surface area contributed by atoms with Crippen LogP contribution in [0.3, 0.4) is 0 Å². The van der Waals surface area contributed by atoms with Crippen LogP contribution in [0.5, 0.6) is 5.75 Å². The Morgan fingerprint density at radius 2 is 1.93 bits per heavy atom. The number of hydrogen-bond acceptors (Lipinski definition) is 10. The Balaban J connectivity index is 1.70. The van der Waals surface area contributed by atoms with E-state index in [1.54, 1.807) is 7.11 Å². The second-order valence-electron chi connectivity index (χ2n) is 11.3. The second-order valence-corrected chi connectivity index (χ2v) is 16.9. The normalized spacial score (nSPS) is 13.7. The first-order valence-electron chi connectivity index (χ1n) is 14.3. The molecule has 0 spiro atoms. The van der Waals surface area contributed by atoms with Gasteiger partial charge in [-0.05, 0) is 31.3 Å². The number of morpholine rings is 1. The van der Waals surface area contributed by atoms with Crippen LogP contribution in [0.1, 0.15) is 0 Å². The zero-order valence-electron chi connectivity index (χ0n) is 25.4. The van der Waals surface area contributed by atoms with Gasteiger partial charge in [0, 0.05) is 53.1 Å². The summed E-state index contributed by atoms with van der Waals surface area (Å²) < 4.78 is 19.4. The lowest BCUT2D eigenvalue weighted by Crippen LogP contribution is -2.37. The Kier molecular flexibility index (Phi) is 10.8. The lowest BCUT2D eigenvalue weighted by atomic mass is 10.2. The number of nitrogens with zero attached hydrogens (tertiary/aromatic N) is 4. The lowest BCUT2D eigenvalue weighted by Gasteiger charge is -2.28. The van der Waals surface area contributed by atoms with Gasteiger partial charge >= 0.3 is 0 Å². The molecule has 0 unspecified atom stereocenters. The van der Waals surface area contributed by atoms with Gasteiger partial charge in [0.25, 0.3) is 0 Å². The van der Waals surface area contributed by atoms with Crippen molar-refractivity contribution in [2.75, 3.05) is 81.0 Å². The number of likely N-dealkylation sites (N-methyl/N-ethyl adjacent to an activating group) is 1. The molecule has 12 nitrogen and oxygen atoms in total. The molecule has 1 saturated heterocycles. The van der Waals surface area contributed by atoms with E-state index in [9.17, 15) is 4.79 Å². The maximum Gasteiger partial charge on any atom is 0.247 e. The van der Waals surface area contributed by atoms with Crippen LogP contribution in [0.2, 0.25) is 25.7 Å². The van der Waals surface area contributed by atoms with Crippen LogP contribution < -0.4 is 30.9 Å². The Labute approximate surface area is 248 Å². The molecule has 1 amide bonds. The lowest BCUT2D eigenvalue weighted by molar-refractivity contribution is -0.111. The molecular weight excluding hydrogens is 552 g/mol. The Morgan fingerprint density at radius 1 is 1.14 bits per heavy atom. The maximum absolute atomic E-state index is 12.3. The summed E-state index contributed by atoms with van der Waals surface area (Å²) in [5, 5.41) is 13.6. The smallest absolute Gasteiger partial charge is 0.247 e. The zero-order chi connectivity index (χ0) is 30.1. The fraction of sp³-hybridized carbons (Fsp3) is 0.483. The largest absolute Gasteiger partial charge is 0.494 e. The Hall–Kier alpha value is -3.65. The van der Waals surface area contributed by atoms with Gasteiger partial charge in [0.2, 0.25) is 11.9 Å². The number of rotatable bonds is 15. The molecule has 0 atom stereocenters. The van der Waals surface area contributed by atoms with E-state index in [1.807, 2.05) is 36.0 Å². The number of methoxy groups -OCH3 is 1. The fourth-order valence-corrected chi connectivity index (χ4v) is 5.25. The quantitative estimate of drug-likeness (QED) is 0.116. The van der Waals surface area contributed by atoms with Gasteiger partial charge < -0.3 is 44.9 Å². The molecule has 0 aliphatic carbocycles. The van der Waals surface area contributed by atoms with Crippen molar-refractivity contribution in [3.8, 4) is 5.75 Å². The third-order valence-electron chi connectivity index (χ3n) is 6.86. The average Bonchev–Trinajstić information content (AvgIpc) is 3.38. The predicted molar refractivity (Wildman–Crippen MR) is 172 cm³/mol. The molecule has 1 fully saturated rings. The van der Waals surface area contributed by atoms with Crippen molar-refractivity contribution < 1.29 is 19.0 Å². The first-order valence-corrected chi connectivity index (χ1v) is 18.0. The van der Waals surface area contributed by atoms with E-state index in [0.29, 0.717) is 56.2 Å². The van der Waals surface area contributed by atoms with Crippen LogP contribution in [-0.2, 0) is 21.0 Å². The summed E-state index contributed by atoms with van der Waals surface area (Å²) in [5.41, 5.74) is 2.67. The minimum Gasteiger partial charge on any atom is -0.494 e. The van der Waals surface area contributed by atoms with E-state index in [2.05, 4.69) is 52.4 Å². The van der Waals surface area contributed by atoms with E-state index in [1.165, 1.54) is 6.08 Å². The molecule has 1 aromatic carbocycles. The van der Waals surface area contributed by atoms with E-state index in [-0.39, 0.29) is 5.91 Å². The van der Waals surface area contributed by atoms with Gasteiger partial charge in [-0.2, -0.15) is 9.97 Å². The first kappa shape index (κ1) is 31.3. The van der Waals surface area contributed by atoms with E-state index < -0.39 is 8.07 Å². The van der Waals surface area contributed by atoms with Crippen molar-refractivity contribution in [2.24, 2.45) is 0 Å². The molecule has 0 saturated carbocycles. The number of benzene rings is 1. The highest BCUT2D eigenvalue weighted by Gasteiger charge is 2.21. The highest BCUT2D eigenvalue weighted by Crippen LogP contribution is 2.37. The number of anilines is 5. The number of nitrogens with one attached hydrogen (secondary N) is 4. The summed E-state index contributed by atoms with van der Waals surface area (Å²) in [4.78, 5) is 24.3. The van der Waals surface area contributed by atoms with Crippen LogP contribution in [0.15, 0.2) is 37.1 Å². The van der Waals surface area contributed by atoms with Crippen molar-refractivity contribution in [1.82, 2.24) is 19.9 Å². The zero-order valence-corrected chi connectivity index (χ0v) is 26.4. The molecule has 42 heavy (non-hydrogen) atoms. The molecule has 4 rings (SSSR count). The van der Waals surface area contributed by atoms with Gasteiger partial charge in [-0.1, -0.05) is 26.2 Å². The van der Waals surface area contributed by atoms with E-state index in [0.717, 1.165) is 48.2 Å². The summed E-state index contributed by atoms with van der Waals surface area (Å²) >= 11 is 0. The molecule has 4 N–H and O–H groups in total. The van der Waals surface area contributed by atoms with Gasteiger partial charge in [0.1, 0.15) is 23.9 Å². The highest BCUT2D eigenvalue weighted by molar-refractivity contribution is 6.76. The van der Waals surface area contributed by atoms with E-state index in [4.69, 9.17) is 24.2 Å². The Bertz CT molecular complexity index is 1370. The summed E-state index contributed by atoms with van der Waals surface area (Å²) in [5.74, 6) is 1.49. The second kappa shape index (κ2) is 14.5. The fourth-order valence-electron chi connectivity index (χ4n) is 4.49. The first-order chi connectivity index (χ1) is 20.2. The van der Waals surface area contributed by atoms with Crippen LogP contribution in [0.4, 0.5) is 28.8 Å². The summed E-state index contributed by atoms with van der Waals surface area (Å²) in [6.07, 6.45) is 3.23. The van der Waals surface area contributed by atoms with Crippen molar-refractivity contribution >= 4 is 53.8 Å². The number of hydrogen-bond donors (Lipinski definition) is 4. The van der Waals surface area contributed by atoms with Crippen LogP contribution >= 0.6 is 0 Å². The third kappa shape index (κ3) is 8.22. The minimum atomic E-state index is -1.20. The standard InChI is InChI=1S/C29H44N8O4Si/c1-7-26(38)32-23-18-24(25(39-3)19-22(23)31-10-9-30-2)33-29-34-27(36-12-14-40-15-13-36)21-8-11-37(28(21)35-29)20-41-16-17-42(4,5)6/h7-8,11,18-19,30-31H,1,9-10,12-17,20H2,2-6H3,(H,32,38)(H,33,34,35). The number of carbonyl (C=O) groups is 1. The van der Waals surface area contributed by atoms with Gasteiger partial charge in [-0.25, -0.2) is 0 Å². The van der Waals surface area contributed by atoms with Gasteiger partial charge in [-0.3, -0.25) is 4.79 Å². The molecule has 3 heterocycles. The number of carbonyl (C=O) groups excluding carboxylic acids is 1. The molecule has 13 heteroatoms. The SMILES string of the molecule is C=CC(=O)Nc1cc(Nc2nc(N3CCOCC3)c3ccn(COCC[Si](C)(C)C)c3n2)c(OC)cc1NCCNC. The van der Waals surface area contributed by atoms with Crippen molar-refractivity contribution in [3.05, 3.63) is 37.1 Å². The van der Waals surface area contributed by atoms with Crippen molar-refractivity contribution in [2.45, 2.75) is 32.4 Å². The van der Waals surface area contributed by atoms with Crippen LogP contribution in [0.25, 0.3) is 11.0 Å². The summed E-state index contributed by atoms with van der Waals surface area (Å²) in [6, 6.07) is 6.79. The molecule has 1 aliphatic heterocycles. The van der Waals surface area contributed by atoms with Crippen LogP contribution in [0, 0.1) is 0 Å². The van der Waals surface area contributed by atoms with Crippen molar-refractivity contribution in [1.29, 1.82) is 0 Å². The summed E-state index contributed by atoms with van der Waals surface area (Å²) in [6.45, 7) is 15.9. The maximum atomic E-state index is 12.3. The molecule has 1 aliphatic rings. The van der Waals surface area contributed by atoms with Gasteiger partial charge in [-0.15, -0.1) is 0 Å². The van der Waals surface area contributed by atoms with Gasteiger partial charge in [0.15, 0.2) is 0 Å². The van der Waals surface area contributed by atoms with Crippen molar-refractivity contribution in [3.63, 3.8) is 0 Å². The molecule has 0 radical (unpaired) electrons. The Morgan fingerprint density at radius 3 is 2.62 bits per heavy atom. The topological polar surface area (TPSA) is 127 Å². The number of amides is 1. The summed E-state index contributed by atoms with van der Waals surface area (Å²) in [7, 11) is 2.29. The van der Waals surface area contributed by atoms with E-state index >= 15 is 0 Å². The molecule has 2 aromatic heterocycles. The average molecular weight is 597 g/mol. The number of aromatic nitrogens is 3. The van der Waals surface area contributed by atoms with Crippen LogP contribution in [-0.4, -0.2) is 88.7 Å². The predicted octanol–water partition coefficient (Wildman–Crippen LogP) is 4.09. The molecule has 228 valence electrons. The molecular formula is C29H44N8O4Si. The third-order valence-corrected chi connectivity index (χ3v) is 8.56. The highest BCUT2D eigenvalue weighted by atomic mass is 28.3. The number of ether oxygens (including phenoxy) is 3. The minimum absolute atomic E-state index is 0.318. The monoisotopic (exact) mass is 596 g/mol. The van der Waals surface area contributed by atoms with Gasteiger partial charge in [0.05, 0.1) is 42.8 Å².